The molecule has 4 nitrogen and oxygen atoms in total. The Morgan fingerprint density at radius 2 is 1.85 bits per heavy atom. The molecule has 2 aromatic rings. The van der Waals surface area contributed by atoms with E-state index in [-0.39, 0.29) is 18.3 Å². The molecule has 104 valence electrons. The summed E-state index contributed by atoms with van der Waals surface area (Å²) in [7, 11) is 1.47. The largest absolute Gasteiger partial charge is 0.504 e. The summed E-state index contributed by atoms with van der Waals surface area (Å²) in [6.45, 7) is 2.08. The Morgan fingerprint density at radius 1 is 1.15 bits per heavy atom. The van der Waals surface area contributed by atoms with E-state index in [1.165, 1.54) is 13.2 Å². The summed E-state index contributed by atoms with van der Waals surface area (Å²) in [5, 5.41) is 9.48. The molecule has 0 bridgehead atoms. The van der Waals surface area contributed by atoms with Crippen molar-refractivity contribution in [1.82, 2.24) is 0 Å². The molecule has 0 atom stereocenters. The summed E-state index contributed by atoms with van der Waals surface area (Å²) in [6.07, 6.45) is 0. The van der Waals surface area contributed by atoms with Crippen LogP contribution in [-0.4, -0.2) is 18.2 Å². The van der Waals surface area contributed by atoms with E-state index in [2.05, 4.69) is 0 Å². The standard InChI is InChI=1S/C16H16O4/c1-11-3-6-13(7-4-11)16(18)20-10-12-5-8-14(17)15(9-12)19-2/h3-9,17H,10H2,1-2H3. The number of hydrogen-bond acceptors (Lipinski definition) is 4. The van der Waals surface area contributed by atoms with Crippen molar-refractivity contribution >= 4 is 5.97 Å². The molecule has 0 amide bonds. The molecule has 0 unspecified atom stereocenters. The molecule has 4 heteroatoms. The molecule has 0 aliphatic rings. The van der Waals surface area contributed by atoms with E-state index < -0.39 is 0 Å². The first-order chi connectivity index (χ1) is 9.60. The van der Waals surface area contributed by atoms with Crippen molar-refractivity contribution in [2.75, 3.05) is 7.11 Å². The number of carbonyl (C=O) groups excluding carboxylic acids is 1. The maximum Gasteiger partial charge on any atom is 0.338 e. The molecule has 2 aromatic carbocycles. The highest BCUT2D eigenvalue weighted by Crippen LogP contribution is 2.26. The van der Waals surface area contributed by atoms with Crippen molar-refractivity contribution in [1.29, 1.82) is 0 Å². The van der Waals surface area contributed by atoms with E-state index in [4.69, 9.17) is 9.47 Å². The molecular weight excluding hydrogens is 256 g/mol. The molecule has 0 saturated heterocycles. The van der Waals surface area contributed by atoms with Crippen molar-refractivity contribution in [2.45, 2.75) is 13.5 Å². The van der Waals surface area contributed by atoms with Gasteiger partial charge >= 0.3 is 5.97 Å². The van der Waals surface area contributed by atoms with Gasteiger partial charge in [-0.25, -0.2) is 4.79 Å². The molecule has 0 heterocycles. The third-order valence-electron chi connectivity index (χ3n) is 2.90. The van der Waals surface area contributed by atoms with Gasteiger partial charge in [-0.1, -0.05) is 23.8 Å². The highest BCUT2D eigenvalue weighted by molar-refractivity contribution is 5.89. The number of hydrogen-bond donors (Lipinski definition) is 1. The SMILES string of the molecule is COc1cc(COC(=O)c2ccc(C)cc2)ccc1O. The van der Waals surface area contributed by atoms with Gasteiger partial charge in [0.05, 0.1) is 12.7 Å². The molecular formula is C16H16O4. The van der Waals surface area contributed by atoms with Crippen LogP contribution in [0.1, 0.15) is 21.5 Å². The molecule has 2 rings (SSSR count). The van der Waals surface area contributed by atoms with Gasteiger partial charge in [0.1, 0.15) is 6.61 Å². The van der Waals surface area contributed by atoms with Crippen LogP contribution in [0.3, 0.4) is 0 Å². The normalized spacial score (nSPS) is 10.1. The molecule has 0 aromatic heterocycles. The second kappa shape index (κ2) is 6.10. The van der Waals surface area contributed by atoms with Gasteiger partial charge < -0.3 is 14.6 Å². The first-order valence-corrected chi connectivity index (χ1v) is 6.20. The Morgan fingerprint density at radius 3 is 2.50 bits per heavy atom. The fraction of sp³-hybridized carbons (Fsp3) is 0.188. The van der Waals surface area contributed by atoms with Gasteiger partial charge in [0, 0.05) is 0 Å². The highest BCUT2D eigenvalue weighted by atomic mass is 16.5. The zero-order valence-corrected chi connectivity index (χ0v) is 11.4. The fourth-order valence-electron chi connectivity index (χ4n) is 1.73. The average molecular weight is 272 g/mol. The number of phenolic OH excluding ortho intramolecular Hbond substituents is 1. The summed E-state index contributed by atoms with van der Waals surface area (Å²) in [5.74, 6) is 0.0343. The topological polar surface area (TPSA) is 55.8 Å². The lowest BCUT2D eigenvalue weighted by Crippen LogP contribution is -2.05. The maximum absolute atomic E-state index is 11.8. The number of benzene rings is 2. The minimum absolute atomic E-state index is 0.0566. The third-order valence-corrected chi connectivity index (χ3v) is 2.90. The Balaban J connectivity index is 2.01. The minimum Gasteiger partial charge on any atom is -0.504 e. The Labute approximate surface area is 117 Å². The van der Waals surface area contributed by atoms with Crippen LogP contribution in [0.5, 0.6) is 11.5 Å². The number of phenols is 1. The van der Waals surface area contributed by atoms with E-state index in [1.54, 1.807) is 24.3 Å². The second-order valence-electron chi connectivity index (χ2n) is 4.45. The molecule has 20 heavy (non-hydrogen) atoms. The molecule has 0 spiro atoms. The predicted octanol–water partition coefficient (Wildman–Crippen LogP) is 3.07. The second-order valence-corrected chi connectivity index (χ2v) is 4.45. The lowest BCUT2D eigenvalue weighted by molar-refractivity contribution is 0.0472. The molecule has 0 radical (unpaired) electrons. The highest BCUT2D eigenvalue weighted by Gasteiger charge is 2.08. The predicted molar refractivity (Wildman–Crippen MR) is 75.0 cm³/mol. The number of aryl methyl sites for hydroxylation is 1. The number of carbonyl (C=O) groups is 1. The minimum atomic E-state index is -0.378. The summed E-state index contributed by atoms with van der Waals surface area (Å²) in [6, 6.07) is 12.0. The molecule has 0 saturated carbocycles. The number of methoxy groups -OCH3 is 1. The van der Waals surface area contributed by atoms with Crippen LogP contribution in [0.4, 0.5) is 0 Å². The summed E-state index contributed by atoms with van der Waals surface area (Å²) >= 11 is 0. The van der Waals surface area contributed by atoms with Crippen LogP contribution in [0.25, 0.3) is 0 Å². The molecule has 0 aliphatic carbocycles. The van der Waals surface area contributed by atoms with Gasteiger partial charge in [-0.05, 0) is 36.8 Å². The van der Waals surface area contributed by atoms with E-state index in [1.807, 2.05) is 19.1 Å². The van der Waals surface area contributed by atoms with Crippen molar-refractivity contribution in [3.63, 3.8) is 0 Å². The van der Waals surface area contributed by atoms with E-state index in [9.17, 15) is 9.90 Å². The molecule has 1 N–H and O–H groups in total. The van der Waals surface area contributed by atoms with Gasteiger partial charge in [-0.2, -0.15) is 0 Å². The first-order valence-electron chi connectivity index (χ1n) is 6.20. The van der Waals surface area contributed by atoms with Gasteiger partial charge in [-0.3, -0.25) is 0 Å². The summed E-state index contributed by atoms with van der Waals surface area (Å²) in [4.78, 5) is 11.8. The van der Waals surface area contributed by atoms with Gasteiger partial charge in [0.25, 0.3) is 0 Å². The Bertz CT molecular complexity index is 602. The van der Waals surface area contributed by atoms with Gasteiger partial charge in [-0.15, -0.1) is 0 Å². The van der Waals surface area contributed by atoms with Crippen LogP contribution in [0, 0.1) is 6.92 Å². The van der Waals surface area contributed by atoms with Crippen molar-refractivity contribution in [2.24, 2.45) is 0 Å². The van der Waals surface area contributed by atoms with Gasteiger partial charge in [0.15, 0.2) is 11.5 Å². The smallest absolute Gasteiger partial charge is 0.338 e. The van der Waals surface area contributed by atoms with Crippen LogP contribution >= 0.6 is 0 Å². The van der Waals surface area contributed by atoms with Crippen LogP contribution in [-0.2, 0) is 11.3 Å². The lowest BCUT2D eigenvalue weighted by Gasteiger charge is -2.08. The summed E-state index contributed by atoms with van der Waals surface area (Å²) < 4.78 is 10.2. The Hall–Kier alpha value is -2.49. The average Bonchev–Trinajstić information content (AvgIpc) is 2.46. The van der Waals surface area contributed by atoms with Crippen molar-refractivity contribution in [3.05, 3.63) is 59.2 Å². The van der Waals surface area contributed by atoms with E-state index in [0.29, 0.717) is 11.3 Å². The third kappa shape index (κ3) is 3.29. The zero-order valence-electron chi connectivity index (χ0n) is 11.4. The van der Waals surface area contributed by atoms with Crippen molar-refractivity contribution in [3.8, 4) is 11.5 Å². The van der Waals surface area contributed by atoms with E-state index >= 15 is 0 Å². The molecule has 0 fully saturated rings. The quantitative estimate of drug-likeness (QED) is 0.869. The monoisotopic (exact) mass is 272 g/mol. The zero-order chi connectivity index (χ0) is 14.5. The number of aromatic hydroxyl groups is 1. The van der Waals surface area contributed by atoms with Crippen molar-refractivity contribution < 1.29 is 19.4 Å². The first kappa shape index (κ1) is 13.9. The van der Waals surface area contributed by atoms with Gasteiger partial charge in [0.2, 0.25) is 0 Å². The molecule has 0 aliphatic heterocycles. The lowest BCUT2D eigenvalue weighted by atomic mass is 10.1. The van der Waals surface area contributed by atoms with Crippen LogP contribution < -0.4 is 4.74 Å². The fourth-order valence-corrected chi connectivity index (χ4v) is 1.73. The van der Waals surface area contributed by atoms with E-state index in [0.717, 1.165) is 11.1 Å². The summed E-state index contributed by atoms with van der Waals surface area (Å²) in [5.41, 5.74) is 2.35. The maximum atomic E-state index is 11.8. The number of ether oxygens (including phenoxy) is 2. The van der Waals surface area contributed by atoms with Crippen LogP contribution in [0.15, 0.2) is 42.5 Å². The van der Waals surface area contributed by atoms with Crippen LogP contribution in [0.2, 0.25) is 0 Å². The number of rotatable bonds is 4. The number of esters is 1. The Kier molecular flexibility index (Phi) is 4.25.